The second-order valence-electron chi connectivity index (χ2n) is 5.13. The topological polar surface area (TPSA) is 57.4 Å². The van der Waals surface area contributed by atoms with Crippen molar-refractivity contribution in [3.05, 3.63) is 42.5 Å². The average Bonchev–Trinajstić information content (AvgIpc) is 2.82. The van der Waals surface area contributed by atoms with Crippen molar-refractivity contribution in [1.82, 2.24) is 4.57 Å². The van der Waals surface area contributed by atoms with Gasteiger partial charge in [0.2, 0.25) is 0 Å². The Morgan fingerprint density at radius 3 is 2.52 bits per heavy atom. The van der Waals surface area contributed by atoms with E-state index in [9.17, 15) is 5.11 Å². The van der Waals surface area contributed by atoms with Crippen LogP contribution in [0, 0.1) is 0 Å². The molecule has 1 heterocycles. The third-order valence-corrected chi connectivity index (χ3v) is 3.76. The molecular formula is C17H20N2O2. The molecule has 110 valence electrons. The number of aromatic nitrogens is 1. The van der Waals surface area contributed by atoms with E-state index in [2.05, 4.69) is 40.2 Å². The maximum absolute atomic E-state index is 9.34. The second-order valence-corrected chi connectivity index (χ2v) is 5.13. The van der Waals surface area contributed by atoms with E-state index in [0.29, 0.717) is 6.54 Å². The molecule has 0 fully saturated rings. The Balaban J connectivity index is 2.10. The number of fused-ring (bicyclic) bond motifs is 3. The predicted octanol–water partition coefficient (Wildman–Crippen LogP) is 2.58. The van der Waals surface area contributed by atoms with Crippen LogP contribution in [0.2, 0.25) is 0 Å². The van der Waals surface area contributed by atoms with E-state index in [-0.39, 0.29) is 13.2 Å². The monoisotopic (exact) mass is 284 g/mol. The zero-order chi connectivity index (χ0) is 14.7. The highest BCUT2D eigenvalue weighted by Crippen LogP contribution is 2.30. The van der Waals surface area contributed by atoms with Gasteiger partial charge in [0.05, 0.1) is 12.1 Å². The lowest BCUT2D eigenvalue weighted by atomic mass is 10.1. The van der Waals surface area contributed by atoms with Gasteiger partial charge in [-0.15, -0.1) is 0 Å². The molecule has 3 aromatic rings. The van der Waals surface area contributed by atoms with Crippen LogP contribution in [0.15, 0.2) is 42.5 Å². The van der Waals surface area contributed by atoms with E-state index in [4.69, 9.17) is 5.11 Å². The third kappa shape index (κ3) is 2.60. The number of benzene rings is 2. The maximum Gasteiger partial charge on any atom is 0.0610 e. The molecule has 4 heteroatoms. The Labute approximate surface area is 123 Å². The van der Waals surface area contributed by atoms with Gasteiger partial charge in [-0.1, -0.05) is 24.3 Å². The van der Waals surface area contributed by atoms with Gasteiger partial charge in [-0.25, -0.2) is 0 Å². The fourth-order valence-corrected chi connectivity index (χ4v) is 2.81. The van der Waals surface area contributed by atoms with Gasteiger partial charge in [0.15, 0.2) is 0 Å². The number of rotatable bonds is 6. The first kappa shape index (κ1) is 13.9. The third-order valence-electron chi connectivity index (χ3n) is 3.76. The van der Waals surface area contributed by atoms with E-state index in [1.165, 1.54) is 10.8 Å². The number of nitrogens with zero attached hydrogens (tertiary/aromatic N) is 1. The molecule has 0 aliphatic carbocycles. The maximum atomic E-state index is 9.34. The minimum Gasteiger partial charge on any atom is -0.396 e. The molecule has 0 saturated carbocycles. The Hall–Kier alpha value is -2.04. The van der Waals surface area contributed by atoms with Crippen molar-refractivity contribution in [3.63, 3.8) is 0 Å². The Bertz CT molecular complexity index is 749. The second kappa shape index (κ2) is 6.16. The van der Waals surface area contributed by atoms with Gasteiger partial charge in [0.1, 0.15) is 0 Å². The van der Waals surface area contributed by atoms with Crippen LogP contribution in [0.25, 0.3) is 21.8 Å². The molecule has 0 radical (unpaired) electrons. The van der Waals surface area contributed by atoms with Gasteiger partial charge in [0.25, 0.3) is 0 Å². The highest BCUT2D eigenvalue weighted by atomic mass is 16.3. The smallest absolute Gasteiger partial charge is 0.0610 e. The lowest BCUT2D eigenvalue weighted by molar-refractivity contribution is 0.280. The minimum absolute atomic E-state index is 0.121. The summed E-state index contributed by atoms with van der Waals surface area (Å²) in [5.41, 5.74) is 3.31. The molecule has 0 aliphatic heterocycles. The Morgan fingerprint density at radius 2 is 1.71 bits per heavy atom. The summed E-state index contributed by atoms with van der Waals surface area (Å²) in [4.78, 5) is 0. The van der Waals surface area contributed by atoms with Crippen molar-refractivity contribution in [2.45, 2.75) is 13.0 Å². The normalized spacial score (nSPS) is 11.3. The highest BCUT2D eigenvalue weighted by molar-refractivity contribution is 6.08. The van der Waals surface area contributed by atoms with Crippen LogP contribution in [0.5, 0.6) is 0 Å². The summed E-state index contributed by atoms with van der Waals surface area (Å²) >= 11 is 0. The van der Waals surface area contributed by atoms with Gasteiger partial charge in [0, 0.05) is 41.7 Å². The molecule has 0 spiro atoms. The largest absolute Gasteiger partial charge is 0.396 e. The molecule has 0 aliphatic rings. The van der Waals surface area contributed by atoms with Crippen LogP contribution in [-0.4, -0.2) is 34.5 Å². The molecule has 0 atom stereocenters. The first-order chi connectivity index (χ1) is 10.3. The summed E-state index contributed by atoms with van der Waals surface area (Å²) in [5, 5.41) is 23.9. The summed E-state index contributed by atoms with van der Waals surface area (Å²) in [6.45, 7) is 1.66. The van der Waals surface area contributed by atoms with Crippen molar-refractivity contribution < 1.29 is 10.2 Å². The number of anilines is 1. The molecule has 3 rings (SSSR count). The zero-order valence-electron chi connectivity index (χ0n) is 11.9. The van der Waals surface area contributed by atoms with E-state index in [0.717, 1.165) is 29.7 Å². The molecule has 4 nitrogen and oxygen atoms in total. The van der Waals surface area contributed by atoms with Crippen LogP contribution < -0.4 is 5.32 Å². The number of aliphatic hydroxyl groups is 2. The van der Waals surface area contributed by atoms with Crippen LogP contribution >= 0.6 is 0 Å². The quantitative estimate of drug-likeness (QED) is 0.610. The van der Waals surface area contributed by atoms with E-state index >= 15 is 0 Å². The fourth-order valence-electron chi connectivity index (χ4n) is 2.81. The molecule has 0 amide bonds. The molecule has 2 aromatic carbocycles. The van der Waals surface area contributed by atoms with Crippen LogP contribution in [0.1, 0.15) is 6.42 Å². The molecule has 3 N–H and O–H groups in total. The van der Waals surface area contributed by atoms with E-state index in [1.54, 1.807) is 0 Å². The molecular weight excluding hydrogens is 264 g/mol. The lowest BCUT2D eigenvalue weighted by Crippen LogP contribution is -2.04. The summed E-state index contributed by atoms with van der Waals surface area (Å²) in [5.74, 6) is 0. The molecule has 0 saturated heterocycles. The molecule has 1 aromatic heterocycles. The molecule has 0 unspecified atom stereocenters. The van der Waals surface area contributed by atoms with E-state index < -0.39 is 0 Å². The standard InChI is InChI=1S/C17H20N2O2/c20-10-3-8-18-13-6-7-15-14-4-1-2-5-16(14)19(9-11-21)17(15)12-13/h1-2,4-7,12,18,20-21H,3,8-11H2. The van der Waals surface area contributed by atoms with Gasteiger partial charge in [-0.05, 0) is 24.6 Å². The lowest BCUT2D eigenvalue weighted by Gasteiger charge is -2.08. The van der Waals surface area contributed by atoms with Crippen LogP contribution in [0.4, 0.5) is 5.69 Å². The number of hydrogen-bond donors (Lipinski definition) is 3. The van der Waals surface area contributed by atoms with Crippen molar-refractivity contribution in [2.75, 3.05) is 25.1 Å². The Morgan fingerprint density at radius 1 is 0.905 bits per heavy atom. The Kier molecular flexibility index (Phi) is 4.08. The van der Waals surface area contributed by atoms with Crippen LogP contribution in [-0.2, 0) is 6.54 Å². The summed E-state index contributed by atoms with van der Waals surface area (Å²) < 4.78 is 2.15. The SMILES string of the molecule is OCCCNc1ccc2c3ccccc3n(CCO)c2c1. The van der Waals surface area contributed by atoms with Gasteiger partial charge >= 0.3 is 0 Å². The summed E-state index contributed by atoms with van der Waals surface area (Å²) in [7, 11) is 0. The number of para-hydroxylation sites is 1. The molecule has 21 heavy (non-hydrogen) atoms. The first-order valence-corrected chi connectivity index (χ1v) is 7.31. The number of aliphatic hydroxyl groups excluding tert-OH is 2. The zero-order valence-corrected chi connectivity index (χ0v) is 11.9. The van der Waals surface area contributed by atoms with Crippen molar-refractivity contribution >= 4 is 27.5 Å². The van der Waals surface area contributed by atoms with Crippen molar-refractivity contribution in [1.29, 1.82) is 0 Å². The predicted molar refractivity (Wildman–Crippen MR) is 86.7 cm³/mol. The number of hydrogen-bond acceptors (Lipinski definition) is 3. The fraction of sp³-hybridized carbons (Fsp3) is 0.294. The van der Waals surface area contributed by atoms with Gasteiger partial charge in [-0.3, -0.25) is 0 Å². The van der Waals surface area contributed by atoms with Crippen molar-refractivity contribution in [3.8, 4) is 0 Å². The number of nitrogens with one attached hydrogen (secondary N) is 1. The van der Waals surface area contributed by atoms with Gasteiger partial charge in [-0.2, -0.15) is 0 Å². The highest BCUT2D eigenvalue weighted by Gasteiger charge is 2.10. The summed E-state index contributed by atoms with van der Waals surface area (Å²) in [6, 6.07) is 14.6. The average molecular weight is 284 g/mol. The van der Waals surface area contributed by atoms with Crippen LogP contribution in [0.3, 0.4) is 0 Å². The molecule has 0 bridgehead atoms. The summed E-state index contributed by atoms with van der Waals surface area (Å²) in [6.07, 6.45) is 0.734. The van der Waals surface area contributed by atoms with E-state index in [1.807, 2.05) is 12.1 Å². The van der Waals surface area contributed by atoms with Crippen molar-refractivity contribution in [2.24, 2.45) is 0 Å². The van der Waals surface area contributed by atoms with Gasteiger partial charge < -0.3 is 20.1 Å². The minimum atomic E-state index is 0.121. The first-order valence-electron chi connectivity index (χ1n) is 7.31.